The molecule has 1 atom stereocenters. The van der Waals surface area contributed by atoms with Gasteiger partial charge in [0.15, 0.2) is 0 Å². The molecular weight excluding hydrogens is 392 g/mol. The Morgan fingerprint density at radius 2 is 1.71 bits per heavy atom. The summed E-state index contributed by atoms with van der Waals surface area (Å²) >= 11 is 0. The Balaban J connectivity index is 1.30. The van der Waals surface area contributed by atoms with Crippen molar-refractivity contribution in [3.05, 3.63) is 65.2 Å². The van der Waals surface area contributed by atoms with Gasteiger partial charge >= 0.3 is 0 Å². The third-order valence-electron chi connectivity index (χ3n) is 6.07. The number of carbonyl (C=O) groups is 2. The molecule has 0 spiro atoms. The first-order valence-electron chi connectivity index (χ1n) is 11.1. The lowest BCUT2D eigenvalue weighted by atomic mass is 9.97. The van der Waals surface area contributed by atoms with E-state index in [1.54, 1.807) is 0 Å². The van der Waals surface area contributed by atoms with Crippen molar-refractivity contribution < 1.29 is 19.1 Å². The van der Waals surface area contributed by atoms with Crippen molar-refractivity contribution in [1.29, 1.82) is 0 Å². The van der Waals surface area contributed by atoms with Crippen LogP contribution >= 0.6 is 0 Å². The molecular formula is C25H30N2O4. The largest absolute Gasteiger partial charge is 0.493 e. The van der Waals surface area contributed by atoms with Gasteiger partial charge in [-0.3, -0.25) is 9.59 Å². The van der Waals surface area contributed by atoms with E-state index in [0.717, 1.165) is 36.3 Å². The molecule has 2 saturated heterocycles. The normalized spacial score (nSPS) is 19.2. The van der Waals surface area contributed by atoms with Gasteiger partial charge < -0.3 is 19.3 Å². The Labute approximate surface area is 183 Å². The van der Waals surface area contributed by atoms with Gasteiger partial charge in [0.1, 0.15) is 5.75 Å². The van der Waals surface area contributed by atoms with E-state index >= 15 is 0 Å². The van der Waals surface area contributed by atoms with Crippen LogP contribution < -0.4 is 4.74 Å². The second-order valence-electron chi connectivity index (χ2n) is 8.31. The van der Waals surface area contributed by atoms with Crippen LogP contribution in [0.2, 0.25) is 0 Å². The summed E-state index contributed by atoms with van der Waals surface area (Å²) in [6, 6.07) is 15.1. The third kappa shape index (κ3) is 5.25. The van der Waals surface area contributed by atoms with E-state index in [2.05, 4.69) is 0 Å². The molecule has 2 amide bonds. The maximum atomic E-state index is 12.9. The van der Waals surface area contributed by atoms with Crippen LogP contribution in [-0.2, 0) is 4.74 Å². The highest BCUT2D eigenvalue weighted by Crippen LogP contribution is 2.22. The molecule has 164 valence electrons. The van der Waals surface area contributed by atoms with Crippen molar-refractivity contribution in [2.24, 2.45) is 5.92 Å². The van der Waals surface area contributed by atoms with Gasteiger partial charge in [-0.2, -0.15) is 0 Å². The van der Waals surface area contributed by atoms with E-state index in [-0.39, 0.29) is 11.8 Å². The average molecular weight is 423 g/mol. The van der Waals surface area contributed by atoms with E-state index in [0.29, 0.717) is 50.9 Å². The van der Waals surface area contributed by atoms with Gasteiger partial charge in [0.2, 0.25) is 0 Å². The number of hydrogen-bond acceptors (Lipinski definition) is 4. The topological polar surface area (TPSA) is 59.1 Å². The van der Waals surface area contributed by atoms with Gasteiger partial charge in [0.25, 0.3) is 11.8 Å². The number of ether oxygens (including phenoxy) is 2. The molecule has 0 aliphatic carbocycles. The molecule has 0 radical (unpaired) electrons. The number of carbonyl (C=O) groups excluding carboxylic acids is 2. The monoisotopic (exact) mass is 422 g/mol. The number of aryl methyl sites for hydroxylation is 1. The first kappa shape index (κ1) is 21.4. The highest BCUT2D eigenvalue weighted by Gasteiger charge is 2.26. The van der Waals surface area contributed by atoms with Crippen molar-refractivity contribution in [3.8, 4) is 5.75 Å². The molecule has 0 N–H and O–H groups in total. The molecule has 2 aromatic rings. The SMILES string of the molecule is Cc1ccccc1C(=O)N1CCC[C@H](COc2ccc(C(=O)N3CCOCC3)cc2)C1. The molecule has 2 aromatic carbocycles. The molecule has 4 rings (SSSR count). The predicted octanol–water partition coefficient (Wildman–Crippen LogP) is 3.40. The summed E-state index contributed by atoms with van der Waals surface area (Å²) in [5.74, 6) is 1.19. The maximum Gasteiger partial charge on any atom is 0.254 e. The molecule has 6 heteroatoms. The molecule has 2 aliphatic rings. The van der Waals surface area contributed by atoms with Crippen molar-refractivity contribution in [3.63, 3.8) is 0 Å². The van der Waals surface area contributed by atoms with Gasteiger partial charge in [0, 0.05) is 43.2 Å². The molecule has 0 saturated carbocycles. The Morgan fingerprint density at radius 1 is 0.968 bits per heavy atom. The minimum absolute atomic E-state index is 0.0347. The second kappa shape index (κ2) is 9.96. The van der Waals surface area contributed by atoms with Crippen molar-refractivity contribution in [1.82, 2.24) is 9.80 Å². The van der Waals surface area contributed by atoms with Crippen molar-refractivity contribution in [2.45, 2.75) is 19.8 Å². The van der Waals surface area contributed by atoms with E-state index in [4.69, 9.17) is 9.47 Å². The minimum atomic E-state index is 0.0347. The molecule has 0 aromatic heterocycles. The van der Waals surface area contributed by atoms with Gasteiger partial charge in [0.05, 0.1) is 19.8 Å². The lowest BCUT2D eigenvalue weighted by molar-refractivity contribution is 0.0303. The van der Waals surface area contributed by atoms with Gasteiger partial charge in [-0.05, 0) is 55.7 Å². The summed E-state index contributed by atoms with van der Waals surface area (Å²) in [6.45, 7) is 6.50. The van der Waals surface area contributed by atoms with Gasteiger partial charge in [-0.1, -0.05) is 18.2 Å². The zero-order chi connectivity index (χ0) is 21.6. The van der Waals surface area contributed by atoms with Crippen LogP contribution in [0.25, 0.3) is 0 Å². The number of amides is 2. The van der Waals surface area contributed by atoms with Crippen LogP contribution in [0, 0.1) is 12.8 Å². The Morgan fingerprint density at radius 3 is 2.45 bits per heavy atom. The lowest BCUT2D eigenvalue weighted by Crippen LogP contribution is -2.41. The van der Waals surface area contributed by atoms with E-state index in [9.17, 15) is 9.59 Å². The smallest absolute Gasteiger partial charge is 0.254 e. The number of piperidine rings is 1. The Bertz CT molecular complexity index is 906. The number of rotatable bonds is 5. The van der Waals surface area contributed by atoms with Gasteiger partial charge in [-0.15, -0.1) is 0 Å². The fourth-order valence-electron chi connectivity index (χ4n) is 4.23. The number of morpholine rings is 1. The van der Waals surface area contributed by atoms with Crippen molar-refractivity contribution in [2.75, 3.05) is 46.0 Å². The van der Waals surface area contributed by atoms with Crippen LogP contribution in [0.4, 0.5) is 0 Å². The maximum absolute atomic E-state index is 12.9. The zero-order valence-corrected chi connectivity index (χ0v) is 18.1. The molecule has 31 heavy (non-hydrogen) atoms. The molecule has 2 aliphatic heterocycles. The van der Waals surface area contributed by atoms with E-state index in [1.165, 1.54) is 0 Å². The lowest BCUT2D eigenvalue weighted by Gasteiger charge is -2.33. The van der Waals surface area contributed by atoms with E-state index in [1.807, 2.05) is 65.3 Å². The summed E-state index contributed by atoms with van der Waals surface area (Å²) in [7, 11) is 0. The molecule has 6 nitrogen and oxygen atoms in total. The summed E-state index contributed by atoms with van der Waals surface area (Å²) in [6.07, 6.45) is 2.03. The van der Waals surface area contributed by atoms with Gasteiger partial charge in [-0.25, -0.2) is 0 Å². The summed E-state index contributed by atoms with van der Waals surface area (Å²) in [4.78, 5) is 29.2. The molecule has 2 heterocycles. The first-order chi connectivity index (χ1) is 15.1. The van der Waals surface area contributed by atoms with Crippen LogP contribution in [0.3, 0.4) is 0 Å². The van der Waals surface area contributed by atoms with Crippen molar-refractivity contribution >= 4 is 11.8 Å². The van der Waals surface area contributed by atoms with Crippen LogP contribution in [0.15, 0.2) is 48.5 Å². The molecule has 2 fully saturated rings. The Kier molecular flexibility index (Phi) is 6.87. The predicted molar refractivity (Wildman–Crippen MR) is 118 cm³/mol. The first-order valence-corrected chi connectivity index (χ1v) is 11.1. The number of nitrogens with zero attached hydrogens (tertiary/aromatic N) is 2. The summed E-state index contributed by atoms with van der Waals surface area (Å²) < 4.78 is 11.3. The number of benzene rings is 2. The highest BCUT2D eigenvalue weighted by atomic mass is 16.5. The quantitative estimate of drug-likeness (QED) is 0.741. The van der Waals surface area contributed by atoms with Crippen LogP contribution in [0.5, 0.6) is 5.75 Å². The second-order valence-corrected chi connectivity index (χ2v) is 8.31. The fraction of sp³-hybridized carbons (Fsp3) is 0.440. The minimum Gasteiger partial charge on any atom is -0.493 e. The highest BCUT2D eigenvalue weighted by molar-refractivity contribution is 5.95. The number of likely N-dealkylation sites (tertiary alicyclic amines) is 1. The van der Waals surface area contributed by atoms with E-state index < -0.39 is 0 Å². The average Bonchev–Trinajstić information content (AvgIpc) is 2.83. The molecule has 0 unspecified atom stereocenters. The zero-order valence-electron chi connectivity index (χ0n) is 18.1. The standard InChI is InChI=1S/C25H30N2O4/c1-19-5-2-3-7-23(19)25(29)27-12-4-6-20(17-27)18-31-22-10-8-21(9-11-22)24(28)26-13-15-30-16-14-26/h2-3,5,7-11,20H,4,6,12-18H2,1H3/t20-/m0/s1. The Hall–Kier alpha value is -2.86. The van der Waals surface area contributed by atoms with Crippen LogP contribution in [0.1, 0.15) is 39.1 Å². The molecule has 0 bridgehead atoms. The number of hydrogen-bond donors (Lipinski definition) is 0. The van der Waals surface area contributed by atoms with Crippen LogP contribution in [-0.4, -0.2) is 67.6 Å². The summed E-state index contributed by atoms with van der Waals surface area (Å²) in [5.41, 5.74) is 2.46. The fourth-order valence-corrected chi connectivity index (χ4v) is 4.23. The summed E-state index contributed by atoms with van der Waals surface area (Å²) in [5, 5.41) is 0. The third-order valence-corrected chi connectivity index (χ3v) is 6.07.